The SMILES string of the molecule is CCOC(=O)c1cccc(-c2ccncc2-c2ccccc2OCc2ccccc2)c1.CCOC(=O)c1cccc(-c2ccncc2Br)c1.OB(O)c1ccccc1OCc1ccccc1. The van der Waals surface area contributed by atoms with Gasteiger partial charge in [0, 0.05) is 45.8 Å². The van der Waals surface area contributed by atoms with E-state index in [0.29, 0.717) is 48.8 Å². The van der Waals surface area contributed by atoms with Gasteiger partial charge in [-0.3, -0.25) is 9.97 Å². The summed E-state index contributed by atoms with van der Waals surface area (Å²) in [4.78, 5) is 32.2. The second-order valence-electron chi connectivity index (χ2n) is 14.3. The molecule has 66 heavy (non-hydrogen) atoms. The lowest BCUT2D eigenvalue weighted by Crippen LogP contribution is -2.31. The van der Waals surface area contributed by atoms with Crippen LogP contribution in [0.2, 0.25) is 0 Å². The minimum absolute atomic E-state index is 0.301. The van der Waals surface area contributed by atoms with Gasteiger partial charge in [-0.15, -0.1) is 0 Å². The summed E-state index contributed by atoms with van der Waals surface area (Å²) in [5.41, 5.74) is 9.32. The fourth-order valence-electron chi connectivity index (χ4n) is 6.64. The van der Waals surface area contributed by atoms with Crippen molar-refractivity contribution in [1.82, 2.24) is 9.97 Å². The Morgan fingerprint density at radius 3 is 1.56 bits per heavy atom. The number of carbonyl (C=O) groups excluding carboxylic acids is 2. The molecule has 0 saturated heterocycles. The van der Waals surface area contributed by atoms with Gasteiger partial charge in [-0.2, -0.15) is 0 Å². The number of nitrogens with zero attached hydrogens (tertiary/aromatic N) is 2. The highest BCUT2D eigenvalue weighted by Gasteiger charge is 2.17. The molecule has 0 amide bonds. The number of carbonyl (C=O) groups is 2. The fourth-order valence-corrected chi connectivity index (χ4v) is 7.12. The molecule has 12 heteroatoms. The van der Waals surface area contributed by atoms with E-state index in [0.717, 1.165) is 54.7 Å². The van der Waals surface area contributed by atoms with Gasteiger partial charge in [-0.1, -0.05) is 121 Å². The van der Waals surface area contributed by atoms with Gasteiger partial charge < -0.3 is 29.0 Å². The van der Waals surface area contributed by atoms with E-state index < -0.39 is 7.12 Å². The van der Waals surface area contributed by atoms with Crippen molar-refractivity contribution in [3.8, 4) is 44.9 Å². The molecule has 0 fully saturated rings. The normalized spacial score (nSPS) is 10.3. The van der Waals surface area contributed by atoms with Crippen LogP contribution in [0.3, 0.4) is 0 Å². The molecule has 0 spiro atoms. The van der Waals surface area contributed by atoms with Gasteiger partial charge in [0.2, 0.25) is 0 Å². The zero-order valence-electron chi connectivity index (χ0n) is 36.5. The van der Waals surface area contributed by atoms with Crippen molar-refractivity contribution >= 4 is 40.4 Å². The van der Waals surface area contributed by atoms with Crippen LogP contribution in [0, 0.1) is 0 Å². The summed E-state index contributed by atoms with van der Waals surface area (Å²) in [6.45, 7) is 5.20. The number of esters is 2. The third kappa shape index (κ3) is 13.8. The van der Waals surface area contributed by atoms with Crippen molar-refractivity contribution in [1.29, 1.82) is 0 Å². The number of rotatable bonds is 14. The number of hydrogen-bond donors (Lipinski definition) is 2. The fraction of sp³-hybridized carbons (Fsp3) is 0.111. The second-order valence-corrected chi connectivity index (χ2v) is 15.2. The quantitative estimate of drug-likeness (QED) is 0.0801. The van der Waals surface area contributed by atoms with Crippen LogP contribution in [0.15, 0.2) is 199 Å². The number of aromatic nitrogens is 2. The van der Waals surface area contributed by atoms with Crippen LogP contribution in [0.1, 0.15) is 45.7 Å². The van der Waals surface area contributed by atoms with Gasteiger partial charge in [0.15, 0.2) is 0 Å². The first-order valence-electron chi connectivity index (χ1n) is 21.2. The van der Waals surface area contributed by atoms with Gasteiger partial charge in [0.05, 0.1) is 24.3 Å². The minimum atomic E-state index is -1.51. The van der Waals surface area contributed by atoms with E-state index >= 15 is 0 Å². The van der Waals surface area contributed by atoms with Crippen LogP contribution in [0.4, 0.5) is 0 Å². The Morgan fingerprint density at radius 1 is 0.515 bits per heavy atom. The Balaban J connectivity index is 0.000000176. The standard InChI is InChI=1S/C27H23NO3.C14H12BrNO2.C13H13BO3/c1-2-30-27(29)22-12-8-11-21(17-22)23-15-16-28-18-25(23)24-13-6-7-14-26(24)31-19-20-9-4-3-5-10-20;1-2-18-14(17)11-5-3-4-10(8-11)12-6-7-16-9-13(12)15;15-14(16)12-8-4-5-9-13(12)17-10-11-6-2-1-3-7-11/h3-18H,2,19H2,1H3;3-9H,2H2,1H3;1-9,15-16H,10H2. The summed E-state index contributed by atoms with van der Waals surface area (Å²) in [5, 5.41) is 18.4. The maximum absolute atomic E-state index is 12.2. The Morgan fingerprint density at radius 2 is 1.00 bits per heavy atom. The summed E-state index contributed by atoms with van der Waals surface area (Å²) in [5.74, 6) is 0.643. The maximum Gasteiger partial charge on any atom is 0.492 e. The van der Waals surface area contributed by atoms with Crippen LogP contribution in [-0.2, 0) is 22.7 Å². The van der Waals surface area contributed by atoms with E-state index in [-0.39, 0.29) is 11.9 Å². The summed E-state index contributed by atoms with van der Waals surface area (Å²) >= 11 is 3.45. The van der Waals surface area contributed by atoms with Crippen LogP contribution < -0.4 is 14.9 Å². The predicted molar refractivity (Wildman–Crippen MR) is 262 cm³/mol. The Kier molecular flexibility index (Phi) is 18.4. The largest absolute Gasteiger partial charge is 0.492 e. The molecule has 6 aromatic carbocycles. The molecular weight excluding hydrogens is 895 g/mol. The first-order valence-corrected chi connectivity index (χ1v) is 22.0. The zero-order chi connectivity index (χ0) is 46.5. The molecule has 0 unspecified atom stereocenters. The molecule has 0 saturated carbocycles. The van der Waals surface area contributed by atoms with Crippen molar-refractivity contribution in [2.75, 3.05) is 13.2 Å². The predicted octanol–water partition coefficient (Wildman–Crippen LogP) is 10.8. The molecule has 0 aliphatic heterocycles. The second kappa shape index (κ2) is 25.2. The highest BCUT2D eigenvalue weighted by atomic mass is 79.9. The highest BCUT2D eigenvalue weighted by Crippen LogP contribution is 2.37. The lowest BCUT2D eigenvalue weighted by molar-refractivity contribution is 0.0517. The average Bonchev–Trinajstić information content (AvgIpc) is 3.36. The topological polar surface area (TPSA) is 137 Å². The Labute approximate surface area is 393 Å². The lowest BCUT2D eigenvalue weighted by Gasteiger charge is -2.15. The third-order valence-corrected chi connectivity index (χ3v) is 10.4. The van der Waals surface area contributed by atoms with E-state index in [1.807, 2.05) is 140 Å². The van der Waals surface area contributed by atoms with Gasteiger partial charge >= 0.3 is 19.1 Å². The first-order chi connectivity index (χ1) is 32.2. The lowest BCUT2D eigenvalue weighted by atomic mass is 9.79. The molecule has 10 nitrogen and oxygen atoms in total. The first kappa shape index (κ1) is 48.1. The summed E-state index contributed by atoms with van der Waals surface area (Å²) in [7, 11) is -1.51. The molecule has 8 rings (SSSR count). The van der Waals surface area contributed by atoms with Crippen LogP contribution in [0.5, 0.6) is 11.5 Å². The Hall–Kier alpha value is -7.38. The molecule has 2 aromatic heterocycles. The molecule has 0 aliphatic carbocycles. The molecule has 0 radical (unpaired) electrons. The van der Waals surface area contributed by atoms with E-state index in [4.69, 9.17) is 18.9 Å². The zero-order valence-corrected chi connectivity index (χ0v) is 38.1. The molecule has 0 bridgehead atoms. The average molecular weight is 944 g/mol. The van der Waals surface area contributed by atoms with Gasteiger partial charge in [-0.05, 0) is 112 Å². The van der Waals surface area contributed by atoms with E-state index in [1.165, 1.54) is 0 Å². The summed E-state index contributed by atoms with van der Waals surface area (Å²) < 4.78 is 22.8. The monoisotopic (exact) mass is 942 g/mol. The number of halogens is 1. The molecule has 332 valence electrons. The molecule has 8 aromatic rings. The smallest absolute Gasteiger partial charge is 0.489 e. The van der Waals surface area contributed by atoms with Crippen molar-refractivity contribution in [3.63, 3.8) is 0 Å². The molecule has 2 heterocycles. The number of hydrogen-bond acceptors (Lipinski definition) is 10. The van der Waals surface area contributed by atoms with Crippen LogP contribution in [0.25, 0.3) is 33.4 Å². The third-order valence-electron chi connectivity index (χ3n) is 9.81. The van der Waals surface area contributed by atoms with Crippen molar-refractivity contribution < 1.29 is 38.6 Å². The van der Waals surface area contributed by atoms with E-state index in [9.17, 15) is 19.6 Å². The van der Waals surface area contributed by atoms with Crippen LogP contribution in [-0.4, -0.2) is 52.3 Å². The number of pyridine rings is 2. The summed E-state index contributed by atoms with van der Waals surface area (Å²) in [6.07, 6.45) is 7.03. The number of benzene rings is 6. The van der Waals surface area contributed by atoms with Gasteiger partial charge in [0.25, 0.3) is 0 Å². The molecule has 0 atom stereocenters. The highest BCUT2D eigenvalue weighted by molar-refractivity contribution is 9.10. The minimum Gasteiger partial charge on any atom is -0.489 e. The van der Waals surface area contributed by atoms with Gasteiger partial charge in [0.1, 0.15) is 24.7 Å². The van der Waals surface area contributed by atoms with Crippen molar-refractivity contribution in [2.24, 2.45) is 0 Å². The molecule has 2 N–H and O–H groups in total. The summed E-state index contributed by atoms with van der Waals surface area (Å²) in [6, 6.07) is 53.3. The van der Waals surface area contributed by atoms with Gasteiger partial charge in [-0.25, -0.2) is 9.59 Å². The van der Waals surface area contributed by atoms with Crippen molar-refractivity contribution in [2.45, 2.75) is 27.1 Å². The van der Waals surface area contributed by atoms with E-state index in [1.54, 1.807) is 68.8 Å². The van der Waals surface area contributed by atoms with Crippen molar-refractivity contribution in [3.05, 3.63) is 221 Å². The maximum atomic E-state index is 12.2. The molecule has 0 aliphatic rings. The number of ether oxygens (including phenoxy) is 4. The van der Waals surface area contributed by atoms with Crippen LogP contribution >= 0.6 is 15.9 Å². The van der Waals surface area contributed by atoms with E-state index in [2.05, 4.69) is 25.9 Å². The Bertz CT molecular complexity index is 2790. The molecular formula is C54H48BBrN2O8. The number of para-hydroxylation sites is 2.